The van der Waals surface area contributed by atoms with Crippen molar-refractivity contribution in [3.8, 4) is 5.75 Å². The van der Waals surface area contributed by atoms with Crippen LogP contribution in [0.15, 0.2) is 52.9 Å². The van der Waals surface area contributed by atoms with Gasteiger partial charge in [-0.2, -0.15) is 4.79 Å². The zero-order chi connectivity index (χ0) is 18.2. The predicted molar refractivity (Wildman–Crippen MR) is 100 cm³/mol. The van der Waals surface area contributed by atoms with Gasteiger partial charge in [0.1, 0.15) is 11.5 Å². The van der Waals surface area contributed by atoms with Crippen LogP contribution in [0.25, 0.3) is 5.53 Å². The molecule has 1 aromatic carbocycles. The summed E-state index contributed by atoms with van der Waals surface area (Å²) in [6.07, 6.45) is 3.00. The molecular formula is C18H20ClN3O4. The number of methoxy groups -OCH3 is 1. The second-order valence-electron chi connectivity index (χ2n) is 4.90. The Hall–Kier alpha value is -2.89. The third kappa shape index (κ3) is 5.05. The minimum absolute atomic E-state index is 0. The van der Waals surface area contributed by atoms with Crippen LogP contribution in [0.2, 0.25) is 0 Å². The summed E-state index contributed by atoms with van der Waals surface area (Å²) >= 11 is 0. The molecule has 26 heavy (non-hydrogen) atoms. The lowest BCUT2D eigenvalue weighted by atomic mass is 10.1. The van der Waals surface area contributed by atoms with Gasteiger partial charge in [0.2, 0.25) is 5.76 Å². The third-order valence-electron chi connectivity index (χ3n) is 3.31. The highest BCUT2D eigenvalue weighted by molar-refractivity contribution is 6.23. The van der Waals surface area contributed by atoms with Gasteiger partial charge in [0.25, 0.3) is 5.91 Å². The number of amides is 1. The number of allylic oxidation sites excluding steroid dienone is 2. The van der Waals surface area contributed by atoms with Crippen molar-refractivity contribution in [1.82, 2.24) is 0 Å². The monoisotopic (exact) mass is 377 g/mol. The van der Waals surface area contributed by atoms with Gasteiger partial charge in [-0.3, -0.25) is 4.79 Å². The second-order valence-corrected chi connectivity index (χ2v) is 4.90. The van der Waals surface area contributed by atoms with Gasteiger partial charge in [-0.15, -0.1) is 12.4 Å². The van der Waals surface area contributed by atoms with E-state index in [1.54, 1.807) is 45.2 Å². The van der Waals surface area contributed by atoms with Crippen LogP contribution in [0.5, 0.6) is 5.75 Å². The molecule has 0 unspecified atom stereocenters. The Morgan fingerprint density at radius 3 is 2.23 bits per heavy atom. The first-order valence-corrected chi connectivity index (χ1v) is 7.81. The molecule has 0 saturated heterocycles. The molecule has 0 bridgehead atoms. The van der Waals surface area contributed by atoms with Crippen molar-refractivity contribution < 1.29 is 23.8 Å². The molecular weight excluding hydrogens is 358 g/mol. The molecule has 0 N–H and O–H groups in total. The van der Waals surface area contributed by atoms with E-state index in [9.17, 15) is 4.79 Å². The number of halogens is 1. The zero-order valence-corrected chi connectivity index (χ0v) is 15.6. The molecule has 8 heteroatoms. The average Bonchev–Trinajstić information content (AvgIpc) is 2.64. The van der Waals surface area contributed by atoms with Crippen LogP contribution < -0.4 is 4.74 Å². The number of nitrogens with zero attached hydrogens (tertiary/aromatic N) is 3. The summed E-state index contributed by atoms with van der Waals surface area (Å²) in [6.45, 7) is 4.36. The molecule has 0 aromatic heterocycles. The van der Waals surface area contributed by atoms with Crippen molar-refractivity contribution in [3.05, 3.63) is 59.0 Å². The Morgan fingerprint density at radius 1 is 1.08 bits per heavy atom. The summed E-state index contributed by atoms with van der Waals surface area (Å²) in [7, 11) is 1.55. The average molecular weight is 378 g/mol. The van der Waals surface area contributed by atoms with Crippen LogP contribution in [-0.4, -0.2) is 42.4 Å². The van der Waals surface area contributed by atoms with Crippen molar-refractivity contribution >= 4 is 29.7 Å². The van der Waals surface area contributed by atoms with E-state index < -0.39 is 5.91 Å². The van der Waals surface area contributed by atoms with Crippen LogP contribution in [0.3, 0.4) is 0 Å². The normalized spacial score (nSPS) is 14.6. The fraction of sp³-hybridized carbons (Fsp3) is 0.278. The number of hydrogen-bond donors (Lipinski definition) is 0. The zero-order valence-electron chi connectivity index (χ0n) is 14.8. The fourth-order valence-electron chi connectivity index (χ4n) is 2.15. The molecule has 0 heterocycles. The Balaban J connectivity index is 0.00000338. The molecule has 0 saturated carbocycles. The highest BCUT2D eigenvalue weighted by Crippen LogP contribution is 2.17. The summed E-state index contributed by atoms with van der Waals surface area (Å²) < 4.78 is 16.0. The minimum Gasteiger partial charge on any atom is -0.497 e. The van der Waals surface area contributed by atoms with Gasteiger partial charge in [-0.05, 0) is 38.1 Å². The lowest BCUT2D eigenvalue weighted by Crippen LogP contribution is -2.19. The topological polar surface area (TPSA) is 93.5 Å². The Labute approximate surface area is 158 Å². The van der Waals surface area contributed by atoms with E-state index in [1.807, 2.05) is 0 Å². The van der Waals surface area contributed by atoms with Gasteiger partial charge >= 0.3 is 5.71 Å². The van der Waals surface area contributed by atoms with E-state index in [0.717, 1.165) is 0 Å². The van der Waals surface area contributed by atoms with E-state index in [0.29, 0.717) is 41.8 Å². The molecule has 138 valence electrons. The van der Waals surface area contributed by atoms with Crippen molar-refractivity contribution in [1.29, 1.82) is 0 Å². The summed E-state index contributed by atoms with van der Waals surface area (Å²) in [4.78, 5) is 19.7. The number of rotatable bonds is 6. The second kappa shape index (κ2) is 10.2. The largest absolute Gasteiger partial charge is 0.497 e. The van der Waals surface area contributed by atoms with Crippen molar-refractivity contribution in [3.63, 3.8) is 0 Å². The van der Waals surface area contributed by atoms with Crippen LogP contribution in [0.1, 0.15) is 24.2 Å². The molecule has 0 spiro atoms. The molecule has 2 rings (SSSR count). The fourth-order valence-corrected chi connectivity index (χ4v) is 2.15. The molecule has 1 aromatic rings. The first-order chi connectivity index (χ1) is 12.1. The van der Waals surface area contributed by atoms with Gasteiger partial charge in [-0.25, -0.2) is 4.99 Å². The maximum atomic E-state index is 12.4. The molecule has 0 fully saturated rings. The highest BCUT2D eigenvalue weighted by Gasteiger charge is 2.26. The van der Waals surface area contributed by atoms with E-state index in [4.69, 9.17) is 19.7 Å². The molecule has 0 aliphatic heterocycles. The molecule has 7 nitrogen and oxygen atoms in total. The van der Waals surface area contributed by atoms with Crippen molar-refractivity contribution in [2.45, 2.75) is 13.8 Å². The molecule has 1 aliphatic carbocycles. The Bertz CT molecular complexity index is 791. The molecule has 1 aliphatic rings. The lowest BCUT2D eigenvalue weighted by Gasteiger charge is -2.13. The quantitative estimate of drug-likeness (QED) is 0.432. The van der Waals surface area contributed by atoms with Crippen LogP contribution >= 0.6 is 12.4 Å². The summed E-state index contributed by atoms with van der Waals surface area (Å²) in [5.41, 5.74) is 10.0. The number of aliphatic imine (C=N–C) groups is 1. The molecule has 0 radical (unpaired) electrons. The van der Waals surface area contributed by atoms with Crippen LogP contribution in [0.4, 0.5) is 0 Å². The number of benzene rings is 1. The van der Waals surface area contributed by atoms with Crippen molar-refractivity contribution in [2.24, 2.45) is 4.99 Å². The maximum Gasteiger partial charge on any atom is 0.360 e. The van der Waals surface area contributed by atoms with Gasteiger partial charge in [0.05, 0.1) is 26.4 Å². The predicted octanol–water partition coefficient (Wildman–Crippen LogP) is 3.22. The van der Waals surface area contributed by atoms with Gasteiger partial charge < -0.3 is 19.7 Å². The van der Waals surface area contributed by atoms with E-state index in [1.165, 1.54) is 12.2 Å². The summed E-state index contributed by atoms with van der Waals surface area (Å²) in [5.74, 6) is 0.870. The lowest BCUT2D eigenvalue weighted by molar-refractivity contribution is -0.00791. The third-order valence-corrected chi connectivity index (χ3v) is 3.31. The Morgan fingerprint density at radius 2 is 1.69 bits per heavy atom. The van der Waals surface area contributed by atoms with Gasteiger partial charge in [0.15, 0.2) is 5.76 Å². The summed E-state index contributed by atoms with van der Waals surface area (Å²) in [5, 5.41) is 0. The van der Waals surface area contributed by atoms with Crippen LogP contribution in [0, 0.1) is 0 Å². The SMILES string of the molecule is CCOC1=CC(=[N+]=[N-])C(OCC)=CC1=NC(=O)c1ccc(OC)cc1.Cl. The first kappa shape index (κ1) is 21.2. The van der Waals surface area contributed by atoms with Crippen LogP contribution in [-0.2, 0) is 9.47 Å². The summed E-state index contributed by atoms with van der Waals surface area (Å²) in [6, 6.07) is 6.63. The van der Waals surface area contributed by atoms with Gasteiger partial charge in [0, 0.05) is 11.6 Å². The van der Waals surface area contributed by atoms with E-state index in [2.05, 4.69) is 9.78 Å². The molecule has 1 amide bonds. The standard InChI is InChI=1S/C18H19N3O4.ClH/c1-4-24-16-11-15(21-19)17(25-5-2)10-14(16)20-18(22)12-6-8-13(23-3)9-7-12;/h6-11H,4-5H2,1-3H3;1H. The number of ether oxygens (including phenoxy) is 3. The Kier molecular flexibility index (Phi) is 8.28. The number of carbonyl (C=O) groups is 1. The van der Waals surface area contributed by atoms with Crippen molar-refractivity contribution in [2.75, 3.05) is 20.3 Å². The first-order valence-electron chi connectivity index (χ1n) is 7.81. The maximum absolute atomic E-state index is 12.4. The van der Waals surface area contributed by atoms with E-state index >= 15 is 0 Å². The smallest absolute Gasteiger partial charge is 0.360 e. The van der Waals surface area contributed by atoms with E-state index in [-0.39, 0.29) is 18.1 Å². The molecule has 0 atom stereocenters. The number of carbonyl (C=O) groups excluding carboxylic acids is 1. The highest BCUT2D eigenvalue weighted by atomic mass is 35.5. The van der Waals surface area contributed by atoms with Gasteiger partial charge in [-0.1, -0.05) is 0 Å². The minimum atomic E-state index is -0.431. The number of hydrogen-bond acceptors (Lipinski definition) is 4.